The molecule has 0 fully saturated rings. The SMILES string of the molecule is C=C(CO)C1=CCB(O)OC1CC/C(C)=C/c1ccc(O)c(F)c1. The van der Waals surface area contributed by atoms with Crippen molar-refractivity contribution in [2.24, 2.45) is 0 Å². The largest absolute Gasteiger partial charge is 0.505 e. The Morgan fingerprint density at radius 3 is 2.92 bits per heavy atom. The molecule has 0 aliphatic carbocycles. The first-order valence-corrected chi connectivity index (χ1v) is 7.89. The molecule has 1 aromatic carbocycles. The van der Waals surface area contributed by atoms with E-state index in [-0.39, 0.29) is 18.5 Å². The number of halogens is 1. The van der Waals surface area contributed by atoms with E-state index >= 15 is 0 Å². The lowest BCUT2D eigenvalue weighted by molar-refractivity contribution is 0.180. The Morgan fingerprint density at radius 2 is 2.25 bits per heavy atom. The molecule has 24 heavy (non-hydrogen) atoms. The third kappa shape index (κ3) is 4.80. The average molecular weight is 332 g/mol. The van der Waals surface area contributed by atoms with Crippen molar-refractivity contribution < 1.29 is 24.3 Å². The Morgan fingerprint density at radius 1 is 1.50 bits per heavy atom. The monoisotopic (exact) mass is 332 g/mol. The molecule has 128 valence electrons. The fraction of sp³-hybridized carbons (Fsp3) is 0.333. The first-order valence-electron chi connectivity index (χ1n) is 7.89. The molecule has 6 heteroatoms. The topological polar surface area (TPSA) is 69.9 Å². The molecule has 1 aliphatic rings. The number of hydrogen-bond donors (Lipinski definition) is 3. The van der Waals surface area contributed by atoms with Gasteiger partial charge in [0.1, 0.15) is 0 Å². The number of phenols is 1. The van der Waals surface area contributed by atoms with Gasteiger partial charge in [0.05, 0.1) is 12.7 Å². The Labute approximate surface area is 141 Å². The van der Waals surface area contributed by atoms with E-state index in [1.54, 1.807) is 6.07 Å². The lowest BCUT2D eigenvalue weighted by Crippen LogP contribution is -2.32. The van der Waals surface area contributed by atoms with Crippen LogP contribution in [0.4, 0.5) is 4.39 Å². The number of benzene rings is 1. The lowest BCUT2D eigenvalue weighted by atomic mass is 9.78. The van der Waals surface area contributed by atoms with E-state index in [1.165, 1.54) is 12.1 Å². The van der Waals surface area contributed by atoms with Gasteiger partial charge in [-0.15, -0.1) is 0 Å². The summed E-state index contributed by atoms with van der Waals surface area (Å²) in [7, 11) is -0.847. The highest BCUT2D eigenvalue weighted by atomic mass is 19.1. The van der Waals surface area contributed by atoms with Crippen LogP contribution in [0.15, 0.2) is 47.6 Å². The molecule has 0 radical (unpaired) electrons. The van der Waals surface area contributed by atoms with Gasteiger partial charge in [-0.1, -0.05) is 30.4 Å². The molecule has 0 aromatic heterocycles. The summed E-state index contributed by atoms with van der Waals surface area (Å²) in [6.45, 7) is 5.60. The normalized spacial score (nSPS) is 18.5. The predicted octanol–water partition coefficient (Wildman–Crippen LogP) is 3.07. The maximum atomic E-state index is 13.4. The second kappa shape index (κ2) is 8.28. The molecule has 1 aromatic rings. The van der Waals surface area contributed by atoms with E-state index in [1.807, 2.05) is 19.1 Å². The van der Waals surface area contributed by atoms with Crippen LogP contribution in [0.5, 0.6) is 5.75 Å². The highest BCUT2D eigenvalue weighted by molar-refractivity contribution is 6.43. The second-order valence-electron chi connectivity index (χ2n) is 5.98. The predicted molar refractivity (Wildman–Crippen MR) is 92.9 cm³/mol. The van der Waals surface area contributed by atoms with Crippen molar-refractivity contribution in [3.8, 4) is 5.75 Å². The first kappa shape index (κ1) is 18.5. The van der Waals surface area contributed by atoms with Gasteiger partial charge in [-0.3, -0.25) is 0 Å². The fourth-order valence-corrected chi connectivity index (χ4v) is 2.69. The molecular formula is C18H22BFO4. The summed E-state index contributed by atoms with van der Waals surface area (Å²) in [5.41, 5.74) is 3.10. The van der Waals surface area contributed by atoms with Gasteiger partial charge in [0, 0.05) is 6.32 Å². The number of hydrogen-bond acceptors (Lipinski definition) is 4. The van der Waals surface area contributed by atoms with Crippen LogP contribution in [-0.4, -0.2) is 35.1 Å². The summed E-state index contributed by atoms with van der Waals surface area (Å²) in [6, 6.07) is 4.24. The summed E-state index contributed by atoms with van der Waals surface area (Å²) in [5.74, 6) is -1.02. The second-order valence-corrected chi connectivity index (χ2v) is 5.98. The van der Waals surface area contributed by atoms with Gasteiger partial charge in [-0.2, -0.15) is 0 Å². The first-order chi connectivity index (χ1) is 11.4. The van der Waals surface area contributed by atoms with Crippen molar-refractivity contribution in [3.63, 3.8) is 0 Å². The average Bonchev–Trinajstić information content (AvgIpc) is 2.56. The summed E-state index contributed by atoms with van der Waals surface area (Å²) < 4.78 is 18.9. The van der Waals surface area contributed by atoms with Crippen LogP contribution >= 0.6 is 0 Å². The summed E-state index contributed by atoms with van der Waals surface area (Å²) in [5, 5.41) is 28.1. The van der Waals surface area contributed by atoms with Gasteiger partial charge in [-0.05, 0) is 48.6 Å². The van der Waals surface area contributed by atoms with Crippen LogP contribution in [0, 0.1) is 5.82 Å². The maximum absolute atomic E-state index is 13.4. The maximum Gasteiger partial charge on any atom is 0.458 e. The van der Waals surface area contributed by atoms with Crippen LogP contribution in [0.2, 0.25) is 6.32 Å². The molecule has 2 rings (SSSR count). The Kier molecular flexibility index (Phi) is 6.37. The van der Waals surface area contributed by atoms with Crippen LogP contribution in [0.1, 0.15) is 25.3 Å². The van der Waals surface area contributed by atoms with Gasteiger partial charge < -0.3 is 19.9 Å². The lowest BCUT2D eigenvalue weighted by Gasteiger charge is -2.27. The minimum absolute atomic E-state index is 0.149. The molecule has 3 N–H and O–H groups in total. The van der Waals surface area contributed by atoms with E-state index in [2.05, 4.69) is 6.58 Å². The van der Waals surface area contributed by atoms with Crippen molar-refractivity contribution >= 4 is 13.2 Å². The van der Waals surface area contributed by atoms with Crippen molar-refractivity contribution in [2.75, 3.05) is 6.61 Å². The third-order valence-electron chi connectivity index (χ3n) is 3.99. The zero-order valence-electron chi connectivity index (χ0n) is 13.7. The van der Waals surface area contributed by atoms with Crippen molar-refractivity contribution in [1.29, 1.82) is 0 Å². The van der Waals surface area contributed by atoms with E-state index in [9.17, 15) is 19.6 Å². The summed E-state index contributed by atoms with van der Waals surface area (Å²) in [6.07, 6.45) is 5.04. The number of aromatic hydroxyl groups is 1. The van der Waals surface area contributed by atoms with E-state index in [4.69, 9.17) is 4.65 Å². The molecule has 0 saturated carbocycles. The van der Waals surface area contributed by atoms with Crippen LogP contribution < -0.4 is 0 Å². The quantitative estimate of drug-likeness (QED) is 0.700. The number of aliphatic hydroxyl groups is 1. The van der Waals surface area contributed by atoms with Crippen molar-refractivity contribution in [3.05, 3.63) is 59.0 Å². The van der Waals surface area contributed by atoms with E-state index in [0.29, 0.717) is 30.3 Å². The molecule has 0 spiro atoms. The van der Waals surface area contributed by atoms with Gasteiger partial charge >= 0.3 is 7.12 Å². The van der Waals surface area contributed by atoms with Crippen molar-refractivity contribution in [2.45, 2.75) is 32.2 Å². The molecule has 0 saturated heterocycles. The summed E-state index contributed by atoms with van der Waals surface area (Å²) >= 11 is 0. The van der Waals surface area contributed by atoms with Gasteiger partial charge in [-0.25, -0.2) is 4.39 Å². The minimum atomic E-state index is -0.847. The Hall–Kier alpha value is -1.89. The molecule has 4 nitrogen and oxygen atoms in total. The zero-order chi connectivity index (χ0) is 17.7. The third-order valence-corrected chi connectivity index (χ3v) is 3.99. The van der Waals surface area contributed by atoms with Gasteiger partial charge in [0.15, 0.2) is 11.6 Å². The van der Waals surface area contributed by atoms with Gasteiger partial charge in [0.2, 0.25) is 0 Å². The summed E-state index contributed by atoms with van der Waals surface area (Å²) in [4.78, 5) is 0. The molecular weight excluding hydrogens is 310 g/mol. The number of aliphatic hydroxyl groups excluding tert-OH is 1. The Bertz CT molecular complexity index is 669. The molecule has 1 heterocycles. The highest BCUT2D eigenvalue weighted by Gasteiger charge is 2.27. The molecule has 0 bridgehead atoms. The number of rotatable bonds is 6. The van der Waals surface area contributed by atoms with Crippen molar-refractivity contribution in [1.82, 2.24) is 0 Å². The van der Waals surface area contributed by atoms with Crippen LogP contribution in [0.25, 0.3) is 6.08 Å². The van der Waals surface area contributed by atoms with Gasteiger partial charge in [0.25, 0.3) is 0 Å². The number of allylic oxidation sites excluding steroid dienone is 2. The molecule has 1 atom stereocenters. The fourth-order valence-electron chi connectivity index (χ4n) is 2.69. The smallest absolute Gasteiger partial charge is 0.458 e. The minimum Gasteiger partial charge on any atom is -0.505 e. The zero-order valence-corrected chi connectivity index (χ0v) is 13.7. The molecule has 0 amide bonds. The van der Waals surface area contributed by atoms with E-state index in [0.717, 1.165) is 11.1 Å². The highest BCUT2D eigenvalue weighted by Crippen LogP contribution is 2.27. The van der Waals surface area contributed by atoms with E-state index < -0.39 is 12.9 Å². The Balaban J connectivity index is 2.03. The molecule has 1 unspecified atom stereocenters. The van der Waals surface area contributed by atoms with Crippen LogP contribution in [0.3, 0.4) is 0 Å². The standard InChI is InChI=1S/C18H22BFO4/c1-12(9-14-4-5-17(22)16(20)10-14)3-6-18-15(13(2)11-21)7-8-19(23)24-18/h4-5,7,9-10,18,21-23H,2-3,6,8,11H2,1H3/b12-9+. The van der Waals surface area contributed by atoms with Crippen LogP contribution in [-0.2, 0) is 4.65 Å². The molecule has 1 aliphatic heterocycles. The number of phenolic OH excluding ortho intramolecular Hbond substituents is 1.